The molecule has 0 saturated heterocycles. The number of benzene rings is 1. The third-order valence-corrected chi connectivity index (χ3v) is 3.67. The van der Waals surface area contributed by atoms with Crippen molar-refractivity contribution in [3.8, 4) is 0 Å². The number of rotatable bonds is 10. The van der Waals surface area contributed by atoms with Gasteiger partial charge in [0.15, 0.2) is 11.8 Å². The van der Waals surface area contributed by atoms with Gasteiger partial charge in [-0.05, 0) is 18.1 Å². The molecular weight excluding hydrogens is 308 g/mol. The molecule has 0 heterocycles. The molecule has 0 spiro atoms. The van der Waals surface area contributed by atoms with Crippen molar-refractivity contribution in [1.82, 2.24) is 5.32 Å². The second-order valence-corrected chi connectivity index (χ2v) is 6.25. The lowest BCUT2D eigenvalue weighted by atomic mass is 9.85. The predicted octanol–water partition coefficient (Wildman–Crippen LogP) is 2.01. The van der Waals surface area contributed by atoms with Gasteiger partial charge in [-0.3, -0.25) is 9.59 Å². The van der Waals surface area contributed by atoms with Crippen LogP contribution in [0.5, 0.6) is 0 Å². The predicted molar refractivity (Wildman–Crippen MR) is 92.4 cm³/mol. The van der Waals surface area contributed by atoms with Crippen LogP contribution in [0.25, 0.3) is 0 Å². The van der Waals surface area contributed by atoms with E-state index in [4.69, 9.17) is 0 Å². The van der Waals surface area contributed by atoms with E-state index in [2.05, 4.69) is 10.5 Å². The molecule has 2 N–H and O–H groups in total. The van der Waals surface area contributed by atoms with Crippen LogP contribution in [0.2, 0.25) is 0 Å². The van der Waals surface area contributed by atoms with Gasteiger partial charge >= 0.3 is 0 Å². The lowest BCUT2D eigenvalue weighted by Crippen LogP contribution is -2.44. The van der Waals surface area contributed by atoms with Gasteiger partial charge < -0.3 is 10.4 Å². The molecule has 130 valence electrons. The van der Waals surface area contributed by atoms with E-state index in [1.165, 1.54) is 6.08 Å². The van der Waals surface area contributed by atoms with Gasteiger partial charge in [0.1, 0.15) is 0 Å². The standard InChI is InChI=1S/C18H24N2O4/c1-18(2,13-21)16(20-24)17(23)19-12-11-15(22)10-6-9-14-7-4-3-5-8-14/h3-8,10,16,21H,9,11-13H2,1-2H3,(H,19,23)/b10-6+. The molecule has 0 fully saturated rings. The zero-order valence-corrected chi connectivity index (χ0v) is 14.1. The molecule has 1 amide bonds. The second kappa shape index (κ2) is 9.72. The number of amides is 1. The van der Waals surface area contributed by atoms with Crippen LogP contribution in [0, 0.1) is 10.3 Å². The number of hydrogen-bond acceptors (Lipinski definition) is 5. The summed E-state index contributed by atoms with van der Waals surface area (Å²) >= 11 is 0. The lowest BCUT2D eigenvalue weighted by molar-refractivity contribution is -0.125. The van der Waals surface area contributed by atoms with Crippen LogP contribution in [0.15, 0.2) is 47.7 Å². The highest BCUT2D eigenvalue weighted by molar-refractivity contribution is 5.90. The maximum Gasteiger partial charge on any atom is 0.249 e. The molecule has 6 heteroatoms. The Hall–Kier alpha value is -2.34. The maximum atomic E-state index is 11.9. The van der Waals surface area contributed by atoms with E-state index in [0.29, 0.717) is 6.42 Å². The fourth-order valence-electron chi connectivity index (χ4n) is 2.06. The van der Waals surface area contributed by atoms with Gasteiger partial charge in [-0.1, -0.05) is 55.4 Å². The minimum absolute atomic E-state index is 0.108. The van der Waals surface area contributed by atoms with Crippen molar-refractivity contribution in [3.63, 3.8) is 0 Å². The highest BCUT2D eigenvalue weighted by Gasteiger charge is 2.36. The Balaban J connectivity index is 2.37. The zero-order chi connectivity index (χ0) is 18.0. The number of nitrogens with one attached hydrogen (secondary N) is 1. The number of allylic oxidation sites excluding steroid dienone is 2. The quantitative estimate of drug-likeness (QED) is 0.506. The van der Waals surface area contributed by atoms with Crippen molar-refractivity contribution in [2.24, 2.45) is 10.6 Å². The largest absolute Gasteiger partial charge is 0.396 e. The summed E-state index contributed by atoms with van der Waals surface area (Å²) in [6.45, 7) is 2.95. The molecule has 0 radical (unpaired) electrons. The summed E-state index contributed by atoms with van der Waals surface area (Å²) in [5, 5.41) is 14.5. The second-order valence-electron chi connectivity index (χ2n) is 6.25. The van der Waals surface area contributed by atoms with Crippen molar-refractivity contribution in [1.29, 1.82) is 0 Å². The number of nitroso groups, excluding NO2 is 1. The van der Waals surface area contributed by atoms with E-state index >= 15 is 0 Å². The van der Waals surface area contributed by atoms with Crippen molar-refractivity contribution in [3.05, 3.63) is 53.0 Å². The summed E-state index contributed by atoms with van der Waals surface area (Å²) in [4.78, 5) is 34.5. The Morgan fingerprint density at radius 1 is 1.29 bits per heavy atom. The molecular formula is C18H24N2O4. The van der Waals surface area contributed by atoms with Crippen molar-refractivity contribution >= 4 is 11.7 Å². The van der Waals surface area contributed by atoms with Gasteiger partial charge in [0.25, 0.3) is 0 Å². The molecule has 1 unspecified atom stereocenters. The fourth-order valence-corrected chi connectivity index (χ4v) is 2.06. The topological polar surface area (TPSA) is 95.8 Å². The lowest BCUT2D eigenvalue weighted by Gasteiger charge is -2.25. The summed E-state index contributed by atoms with van der Waals surface area (Å²) in [5.41, 5.74) is 0.173. The van der Waals surface area contributed by atoms with Gasteiger partial charge in [0.05, 0.1) is 6.61 Å². The average molecular weight is 332 g/mol. The first-order valence-corrected chi connectivity index (χ1v) is 7.85. The van der Waals surface area contributed by atoms with Crippen LogP contribution in [0.1, 0.15) is 25.8 Å². The first kappa shape index (κ1) is 19.7. The maximum absolute atomic E-state index is 11.9. The Morgan fingerprint density at radius 2 is 1.96 bits per heavy atom. The first-order valence-electron chi connectivity index (χ1n) is 7.85. The van der Waals surface area contributed by atoms with Crippen LogP contribution >= 0.6 is 0 Å². The van der Waals surface area contributed by atoms with E-state index < -0.39 is 17.4 Å². The van der Waals surface area contributed by atoms with Gasteiger partial charge in [0, 0.05) is 18.4 Å². The Labute approximate surface area is 141 Å². The number of aliphatic hydroxyl groups excluding tert-OH is 1. The highest BCUT2D eigenvalue weighted by atomic mass is 16.3. The number of nitrogens with zero attached hydrogens (tertiary/aromatic N) is 1. The third-order valence-electron chi connectivity index (χ3n) is 3.67. The van der Waals surface area contributed by atoms with Crippen LogP contribution in [-0.2, 0) is 16.0 Å². The molecule has 1 rings (SSSR count). The smallest absolute Gasteiger partial charge is 0.249 e. The highest BCUT2D eigenvalue weighted by Crippen LogP contribution is 2.22. The third kappa shape index (κ3) is 6.42. The molecule has 0 saturated carbocycles. The summed E-state index contributed by atoms with van der Waals surface area (Å²) in [6.07, 6.45) is 4.08. The van der Waals surface area contributed by atoms with E-state index in [9.17, 15) is 19.6 Å². The van der Waals surface area contributed by atoms with Crippen LogP contribution in [-0.4, -0.2) is 36.0 Å². The summed E-state index contributed by atoms with van der Waals surface area (Å²) in [6, 6.07) is 8.57. The Bertz CT molecular complexity index is 582. The van der Waals surface area contributed by atoms with E-state index in [1.54, 1.807) is 19.9 Å². The molecule has 0 aliphatic heterocycles. The Morgan fingerprint density at radius 3 is 2.54 bits per heavy atom. The van der Waals surface area contributed by atoms with E-state index in [-0.39, 0.29) is 25.4 Å². The number of hydrogen-bond donors (Lipinski definition) is 2. The molecule has 1 aromatic carbocycles. The normalized spacial score (nSPS) is 12.8. The molecule has 0 bridgehead atoms. The number of aliphatic hydroxyl groups is 1. The molecule has 0 aromatic heterocycles. The minimum Gasteiger partial charge on any atom is -0.396 e. The Kier molecular flexibility index (Phi) is 7.98. The van der Waals surface area contributed by atoms with Gasteiger partial charge in [-0.25, -0.2) is 0 Å². The fraction of sp³-hybridized carbons (Fsp3) is 0.444. The summed E-state index contributed by atoms with van der Waals surface area (Å²) in [7, 11) is 0. The average Bonchev–Trinajstić information content (AvgIpc) is 2.56. The molecule has 1 aromatic rings. The molecule has 24 heavy (non-hydrogen) atoms. The monoisotopic (exact) mass is 332 g/mol. The van der Waals surface area contributed by atoms with E-state index in [0.717, 1.165) is 5.56 Å². The molecule has 0 aliphatic rings. The zero-order valence-electron chi connectivity index (χ0n) is 14.1. The van der Waals surface area contributed by atoms with Gasteiger partial charge in [0.2, 0.25) is 5.91 Å². The first-order chi connectivity index (χ1) is 11.4. The van der Waals surface area contributed by atoms with Gasteiger partial charge in [-0.15, -0.1) is 4.91 Å². The van der Waals surface area contributed by atoms with Crippen molar-refractivity contribution < 1.29 is 14.7 Å². The van der Waals surface area contributed by atoms with E-state index in [1.807, 2.05) is 30.3 Å². The van der Waals surface area contributed by atoms with Crippen molar-refractivity contribution in [2.75, 3.05) is 13.2 Å². The number of carbonyl (C=O) groups is 2. The van der Waals surface area contributed by atoms with Crippen LogP contribution in [0.3, 0.4) is 0 Å². The van der Waals surface area contributed by atoms with Crippen molar-refractivity contribution in [2.45, 2.75) is 32.7 Å². The molecule has 0 aliphatic carbocycles. The molecule has 6 nitrogen and oxygen atoms in total. The number of ketones is 1. The molecule has 1 atom stereocenters. The van der Waals surface area contributed by atoms with Gasteiger partial charge in [-0.2, -0.15) is 0 Å². The van der Waals surface area contributed by atoms with Crippen LogP contribution in [0.4, 0.5) is 0 Å². The SMILES string of the molecule is CC(C)(CO)C(N=O)C(=O)NCCC(=O)/C=C/Cc1ccccc1. The number of carbonyl (C=O) groups excluding carboxylic acids is 2. The summed E-state index contributed by atoms with van der Waals surface area (Å²) < 4.78 is 0. The summed E-state index contributed by atoms with van der Waals surface area (Å²) in [5.74, 6) is -0.687. The minimum atomic E-state index is -1.19. The van der Waals surface area contributed by atoms with Crippen LogP contribution < -0.4 is 5.32 Å².